The van der Waals surface area contributed by atoms with Crippen molar-refractivity contribution in [3.63, 3.8) is 0 Å². The zero-order valence-corrected chi connectivity index (χ0v) is 19.2. The molecule has 3 rings (SSSR count). The van der Waals surface area contributed by atoms with Crippen LogP contribution in [0, 0.1) is 0 Å². The summed E-state index contributed by atoms with van der Waals surface area (Å²) in [5.74, 6) is -1.22. The van der Waals surface area contributed by atoms with Crippen molar-refractivity contribution in [1.29, 1.82) is 0 Å². The molecule has 35 heavy (non-hydrogen) atoms. The summed E-state index contributed by atoms with van der Waals surface area (Å²) in [4.78, 5) is 22.6. The third-order valence-corrected chi connectivity index (χ3v) is 6.32. The molecule has 2 heterocycles. The van der Waals surface area contributed by atoms with Gasteiger partial charge in [0.25, 0.3) is 5.91 Å². The maximum Gasteiger partial charge on any atom is 0.433 e. The Morgan fingerprint density at radius 3 is 2.20 bits per heavy atom. The van der Waals surface area contributed by atoms with Gasteiger partial charge in [-0.1, -0.05) is 0 Å². The van der Waals surface area contributed by atoms with Crippen molar-refractivity contribution >= 4 is 21.6 Å². The van der Waals surface area contributed by atoms with Gasteiger partial charge in [-0.05, 0) is 25.1 Å². The number of hydrogen-bond acceptors (Lipinski definition) is 7. The van der Waals surface area contributed by atoms with Crippen LogP contribution in [0.15, 0.2) is 35.5 Å². The summed E-state index contributed by atoms with van der Waals surface area (Å²) in [7, 11) is -3.79. The average Bonchev–Trinajstić information content (AvgIpc) is 2.77. The Labute approximate surface area is 196 Å². The molecule has 0 bridgehead atoms. The summed E-state index contributed by atoms with van der Waals surface area (Å²) < 4.78 is 107. The molecular weight excluding hydrogens is 506 g/mol. The van der Waals surface area contributed by atoms with Gasteiger partial charge in [-0.3, -0.25) is 4.79 Å². The Kier molecular flexibility index (Phi) is 7.20. The maximum absolute atomic E-state index is 13.1. The topological polar surface area (TPSA) is 92.7 Å². The summed E-state index contributed by atoms with van der Waals surface area (Å²) in [6.45, 7) is 0.861. The largest absolute Gasteiger partial charge is 0.480 e. The average molecular weight is 526 g/mol. The van der Waals surface area contributed by atoms with Crippen molar-refractivity contribution in [2.75, 3.05) is 37.3 Å². The SMILES string of the molecule is CC(Oc1ccc(S(C)(=O)=O)cc1C(=O)N1CCN(c2cc(C(F)(F)F)ncn2)CC1)C(F)(F)F. The highest BCUT2D eigenvalue weighted by molar-refractivity contribution is 7.90. The van der Waals surface area contributed by atoms with E-state index in [0.29, 0.717) is 0 Å². The number of hydrogen-bond donors (Lipinski definition) is 0. The van der Waals surface area contributed by atoms with Gasteiger partial charge in [-0.2, -0.15) is 26.3 Å². The molecule has 1 amide bonds. The highest BCUT2D eigenvalue weighted by Gasteiger charge is 2.39. The Morgan fingerprint density at radius 1 is 1.03 bits per heavy atom. The molecule has 2 aromatic rings. The van der Waals surface area contributed by atoms with Crippen molar-refractivity contribution < 1.29 is 44.3 Å². The molecule has 0 saturated carbocycles. The molecule has 1 aliphatic heterocycles. The number of aromatic nitrogens is 2. The van der Waals surface area contributed by atoms with Crippen LogP contribution in [0.2, 0.25) is 0 Å². The number of sulfone groups is 1. The molecule has 1 saturated heterocycles. The van der Waals surface area contributed by atoms with Crippen molar-refractivity contribution in [2.24, 2.45) is 0 Å². The van der Waals surface area contributed by atoms with Gasteiger partial charge < -0.3 is 14.5 Å². The number of carbonyl (C=O) groups is 1. The molecule has 0 radical (unpaired) electrons. The fraction of sp³-hybridized carbons (Fsp3) is 0.450. The molecular formula is C20H20F6N4O4S. The predicted molar refractivity (Wildman–Crippen MR) is 111 cm³/mol. The van der Waals surface area contributed by atoms with Crippen LogP contribution in [-0.4, -0.2) is 73.9 Å². The molecule has 0 spiro atoms. The van der Waals surface area contributed by atoms with E-state index in [-0.39, 0.29) is 42.5 Å². The molecule has 8 nitrogen and oxygen atoms in total. The van der Waals surface area contributed by atoms with Crippen LogP contribution in [0.3, 0.4) is 0 Å². The van der Waals surface area contributed by atoms with Crippen LogP contribution >= 0.6 is 0 Å². The van der Waals surface area contributed by atoms with Crippen LogP contribution < -0.4 is 9.64 Å². The minimum absolute atomic E-state index is 0.00141. The molecule has 1 atom stereocenters. The first-order valence-electron chi connectivity index (χ1n) is 10.1. The molecule has 1 aromatic heterocycles. The van der Waals surface area contributed by atoms with E-state index in [2.05, 4.69) is 9.97 Å². The number of alkyl halides is 6. The summed E-state index contributed by atoms with van der Waals surface area (Å²) in [6.07, 6.45) is -10.0. The normalized spacial score (nSPS) is 16.2. The standard InChI is InChI=1S/C20H20F6N4O4S/c1-12(19(21,22)23)34-15-4-3-13(35(2,32)33)9-14(15)18(31)30-7-5-29(6-8-30)17-10-16(20(24,25)26)27-11-28-17/h3-4,9-12H,5-8H2,1-2H3. The number of rotatable bonds is 5. The van der Waals surface area contributed by atoms with E-state index < -0.39 is 45.6 Å². The minimum Gasteiger partial charge on any atom is -0.480 e. The van der Waals surface area contributed by atoms with E-state index in [9.17, 15) is 39.6 Å². The van der Waals surface area contributed by atoms with E-state index in [1.165, 1.54) is 9.80 Å². The predicted octanol–water partition coefficient (Wildman–Crippen LogP) is 3.19. The zero-order chi connectivity index (χ0) is 26.2. The lowest BCUT2D eigenvalue weighted by Crippen LogP contribution is -2.49. The highest BCUT2D eigenvalue weighted by Crippen LogP contribution is 2.31. The van der Waals surface area contributed by atoms with Gasteiger partial charge in [0, 0.05) is 38.5 Å². The van der Waals surface area contributed by atoms with Crippen molar-refractivity contribution in [3.8, 4) is 5.75 Å². The summed E-state index contributed by atoms with van der Waals surface area (Å²) >= 11 is 0. The lowest BCUT2D eigenvalue weighted by molar-refractivity contribution is -0.189. The van der Waals surface area contributed by atoms with Crippen LogP contribution in [0.1, 0.15) is 23.0 Å². The first kappa shape index (κ1) is 26.5. The second-order valence-electron chi connectivity index (χ2n) is 7.77. The van der Waals surface area contributed by atoms with Gasteiger partial charge in [-0.15, -0.1) is 0 Å². The summed E-state index contributed by atoms with van der Waals surface area (Å²) in [5.41, 5.74) is -1.50. The minimum atomic E-state index is -4.73. The number of benzene rings is 1. The number of anilines is 1. The van der Waals surface area contributed by atoms with Crippen molar-refractivity contribution in [1.82, 2.24) is 14.9 Å². The van der Waals surface area contributed by atoms with E-state index in [1.54, 1.807) is 0 Å². The number of nitrogens with zero attached hydrogens (tertiary/aromatic N) is 4. The van der Waals surface area contributed by atoms with E-state index >= 15 is 0 Å². The number of ether oxygens (including phenoxy) is 1. The second kappa shape index (κ2) is 9.51. The quantitative estimate of drug-likeness (QED) is 0.553. The van der Waals surface area contributed by atoms with E-state index in [4.69, 9.17) is 4.74 Å². The van der Waals surface area contributed by atoms with Crippen molar-refractivity contribution in [2.45, 2.75) is 30.3 Å². The molecule has 1 fully saturated rings. The fourth-order valence-corrected chi connectivity index (χ4v) is 3.90. The van der Waals surface area contributed by atoms with Crippen LogP contribution in [-0.2, 0) is 16.0 Å². The number of amides is 1. The first-order valence-corrected chi connectivity index (χ1v) is 12.0. The second-order valence-corrected chi connectivity index (χ2v) is 9.79. The van der Waals surface area contributed by atoms with Gasteiger partial charge in [-0.25, -0.2) is 18.4 Å². The molecule has 1 aromatic carbocycles. The summed E-state index contributed by atoms with van der Waals surface area (Å²) in [6, 6.07) is 3.75. The third-order valence-electron chi connectivity index (χ3n) is 5.21. The monoisotopic (exact) mass is 526 g/mol. The molecule has 0 N–H and O–H groups in total. The number of piperazine rings is 1. The molecule has 1 aliphatic rings. The van der Waals surface area contributed by atoms with Gasteiger partial charge in [0.15, 0.2) is 15.9 Å². The van der Waals surface area contributed by atoms with Gasteiger partial charge in [0.2, 0.25) is 0 Å². The smallest absolute Gasteiger partial charge is 0.433 e. The fourth-order valence-electron chi connectivity index (χ4n) is 3.25. The summed E-state index contributed by atoms with van der Waals surface area (Å²) in [5, 5.41) is 0. The Hall–Kier alpha value is -3.10. The van der Waals surface area contributed by atoms with Crippen LogP contribution in [0.4, 0.5) is 32.2 Å². The Morgan fingerprint density at radius 2 is 1.66 bits per heavy atom. The lowest BCUT2D eigenvalue weighted by Gasteiger charge is -2.35. The molecule has 1 unspecified atom stereocenters. The molecule has 0 aliphatic carbocycles. The van der Waals surface area contributed by atoms with Crippen LogP contribution in [0.25, 0.3) is 0 Å². The van der Waals surface area contributed by atoms with Gasteiger partial charge >= 0.3 is 12.4 Å². The number of halogens is 6. The molecule has 192 valence electrons. The first-order chi connectivity index (χ1) is 16.1. The maximum atomic E-state index is 13.1. The number of carbonyl (C=O) groups excluding carboxylic acids is 1. The lowest BCUT2D eigenvalue weighted by atomic mass is 10.1. The van der Waals surface area contributed by atoms with Gasteiger partial charge in [0.05, 0.1) is 10.5 Å². The molecule has 15 heteroatoms. The van der Waals surface area contributed by atoms with E-state index in [0.717, 1.165) is 43.8 Å². The van der Waals surface area contributed by atoms with Crippen molar-refractivity contribution in [3.05, 3.63) is 41.9 Å². The van der Waals surface area contributed by atoms with Crippen LogP contribution in [0.5, 0.6) is 5.75 Å². The Balaban J connectivity index is 1.83. The Bertz CT molecular complexity index is 1190. The van der Waals surface area contributed by atoms with E-state index in [1.807, 2.05) is 0 Å². The van der Waals surface area contributed by atoms with Gasteiger partial charge in [0.1, 0.15) is 23.6 Å². The zero-order valence-electron chi connectivity index (χ0n) is 18.4. The third kappa shape index (κ3) is 6.32. The highest BCUT2D eigenvalue weighted by atomic mass is 32.2.